The molecule has 0 aliphatic heterocycles. The molecule has 38 heavy (non-hydrogen) atoms. The zero-order valence-electron chi connectivity index (χ0n) is 19.4. The van der Waals surface area contributed by atoms with Crippen molar-refractivity contribution in [3.8, 4) is 0 Å². The summed E-state index contributed by atoms with van der Waals surface area (Å²) in [6.07, 6.45) is -2.87. The molecule has 0 aliphatic carbocycles. The third-order valence-corrected chi connectivity index (χ3v) is 5.06. The molecule has 4 rings (SSSR count). The van der Waals surface area contributed by atoms with Gasteiger partial charge in [0.05, 0.1) is 11.1 Å². The third-order valence-electron chi connectivity index (χ3n) is 5.06. The Balaban J connectivity index is 0.000000732. The number of carbonyl (C=O) groups is 2. The maximum atomic E-state index is 12.9. The zero-order chi connectivity index (χ0) is 28.1. The second-order valence-corrected chi connectivity index (χ2v) is 14.5. The van der Waals surface area contributed by atoms with E-state index in [0.717, 1.165) is 28.6 Å². The Morgan fingerprint density at radius 2 is 1.50 bits per heavy atom. The molecule has 4 aromatic rings. The fraction of sp³-hybridized carbons (Fsp3) is 0.0800. The van der Waals surface area contributed by atoms with E-state index in [9.17, 15) is 27.3 Å². The fourth-order valence-corrected chi connectivity index (χ4v) is 3.29. The smallest absolute Gasteiger partial charge is 0.322 e. The first-order valence-corrected chi connectivity index (χ1v) is 15.1. The minimum Gasteiger partial charge on any atom is -0.322 e. The summed E-state index contributed by atoms with van der Waals surface area (Å²) < 4.78 is 48.3. The van der Waals surface area contributed by atoms with Crippen molar-refractivity contribution < 1.29 is 27.3 Å². The number of amides is 2. The van der Waals surface area contributed by atoms with Crippen LogP contribution < -0.4 is 10.6 Å². The summed E-state index contributed by atoms with van der Waals surface area (Å²) in [6, 6.07) is 17.8. The van der Waals surface area contributed by atoms with Crippen LogP contribution in [-0.2, 0) is 10.7 Å². The summed E-state index contributed by atoms with van der Waals surface area (Å²) in [7, 11) is 0. The first-order valence-electron chi connectivity index (χ1n) is 10.6. The summed E-state index contributed by atoms with van der Waals surface area (Å²) in [5.74, 6) is -1.03. The van der Waals surface area contributed by atoms with Crippen LogP contribution in [-0.4, -0.2) is 16.8 Å². The maximum absolute atomic E-state index is 12.9. The van der Waals surface area contributed by atoms with Crippen molar-refractivity contribution in [3.63, 3.8) is 0 Å². The number of anilines is 2. The summed E-state index contributed by atoms with van der Waals surface area (Å²) >= 11 is 13.8. The molecule has 0 aliphatic rings. The summed E-state index contributed by atoms with van der Waals surface area (Å²) in [5.41, 5.74) is 1.73. The molecule has 13 heteroatoms. The van der Waals surface area contributed by atoms with Crippen LogP contribution in [0.5, 0.6) is 0 Å². The van der Waals surface area contributed by atoms with E-state index in [-0.39, 0.29) is 11.5 Å². The first-order chi connectivity index (χ1) is 17.7. The minimum atomic E-state index is -4.55. The van der Waals surface area contributed by atoms with Crippen molar-refractivity contribution in [1.29, 1.82) is 0 Å². The lowest BCUT2D eigenvalue weighted by Gasteiger charge is -2.13. The standard InChI is InChI=1S/C25H18F3N3O2.Cl3OP/c1-15-7-9-20(30-23(32)17-4-2-6-19(13-17)25(26,27)28)14-22(15)31-24(33)18-8-10-21-16(12-18)5-3-11-29-21;1-5(2,3)4/h2-14H,1H3,(H,30,32)(H,31,33);. The number of aryl methyl sites for hydroxylation is 1. The Bertz CT molecular complexity index is 1540. The first kappa shape index (κ1) is 29.5. The summed E-state index contributed by atoms with van der Waals surface area (Å²) in [4.78, 5) is 29.5. The largest absolute Gasteiger partial charge is 0.416 e. The van der Waals surface area contributed by atoms with E-state index in [1.54, 1.807) is 55.6 Å². The highest BCUT2D eigenvalue weighted by molar-refractivity contribution is 8.24. The summed E-state index contributed by atoms with van der Waals surface area (Å²) in [5, 5.41) is 2.99. The number of halogens is 6. The molecule has 2 N–H and O–H groups in total. The molecule has 1 heterocycles. The van der Waals surface area contributed by atoms with Gasteiger partial charge in [0.1, 0.15) is 0 Å². The maximum Gasteiger partial charge on any atom is 0.416 e. The summed E-state index contributed by atoms with van der Waals surface area (Å²) in [6.45, 7) is 1.79. The molecule has 1 aromatic heterocycles. The van der Waals surface area contributed by atoms with Gasteiger partial charge in [0.2, 0.25) is 0 Å². The third kappa shape index (κ3) is 8.74. The van der Waals surface area contributed by atoms with Crippen LogP contribution >= 0.6 is 38.9 Å². The molecule has 3 aromatic carbocycles. The van der Waals surface area contributed by atoms with E-state index < -0.39 is 22.8 Å². The predicted octanol–water partition coefficient (Wildman–Crippen LogP) is 8.88. The van der Waals surface area contributed by atoms with Gasteiger partial charge < -0.3 is 10.6 Å². The lowest BCUT2D eigenvalue weighted by atomic mass is 10.1. The van der Waals surface area contributed by atoms with Crippen LogP contribution in [0.15, 0.2) is 79.0 Å². The van der Waals surface area contributed by atoms with Crippen molar-refractivity contribution >= 4 is 73.0 Å². The van der Waals surface area contributed by atoms with E-state index in [4.69, 9.17) is 0 Å². The average Bonchev–Trinajstić information content (AvgIpc) is 2.84. The molecule has 0 radical (unpaired) electrons. The number of alkyl halides is 3. The quantitative estimate of drug-likeness (QED) is 0.228. The Morgan fingerprint density at radius 3 is 2.18 bits per heavy atom. The highest BCUT2D eigenvalue weighted by Crippen LogP contribution is 2.61. The number of pyridine rings is 1. The van der Waals surface area contributed by atoms with Gasteiger partial charge in [0, 0.05) is 34.1 Å². The van der Waals surface area contributed by atoms with Gasteiger partial charge in [-0.1, -0.05) is 18.2 Å². The SMILES string of the molecule is Cc1ccc(NC(=O)c2cccc(C(F)(F)F)c2)cc1NC(=O)c1ccc2ncccc2c1.O=P(Cl)(Cl)Cl. The lowest BCUT2D eigenvalue weighted by Crippen LogP contribution is -2.15. The lowest BCUT2D eigenvalue weighted by molar-refractivity contribution is -0.137. The Labute approximate surface area is 229 Å². The van der Waals surface area contributed by atoms with Gasteiger partial charge in [-0.05, 0) is 101 Å². The number of nitrogens with zero attached hydrogens (tertiary/aromatic N) is 1. The van der Waals surface area contributed by atoms with E-state index in [0.29, 0.717) is 16.9 Å². The van der Waals surface area contributed by atoms with Crippen LogP contribution in [0.1, 0.15) is 31.8 Å². The van der Waals surface area contributed by atoms with Crippen LogP contribution in [0.2, 0.25) is 0 Å². The van der Waals surface area contributed by atoms with E-state index in [1.807, 2.05) is 6.07 Å². The fourth-order valence-electron chi connectivity index (χ4n) is 3.29. The van der Waals surface area contributed by atoms with Crippen LogP contribution in [0, 0.1) is 6.92 Å². The van der Waals surface area contributed by atoms with Crippen molar-refractivity contribution in [1.82, 2.24) is 4.98 Å². The van der Waals surface area contributed by atoms with E-state index in [1.165, 1.54) is 12.1 Å². The van der Waals surface area contributed by atoms with E-state index in [2.05, 4.69) is 49.3 Å². The Morgan fingerprint density at radius 1 is 0.842 bits per heavy atom. The molecule has 0 spiro atoms. The number of hydrogen-bond donors (Lipinski definition) is 2. The minimum absolute atomic E-state index is 0.124. The molecular formula is C25H18Cl3F3N3O3P. The average molecular weight is 603 g/mol. The van der Waals surface area contributed by atoms with Crippen LogP contribution in [0.3, 0.4) is 0 Å². The second-order valence-electron chi connectivity index (χ2n) is 7.83. The monoisotopic (exact) mass is 601 g/mol. The number of carbonyl (C=O) groups excluding carboxylic acids is 2. The van der Waals surface area contributed by atoms with Crippen molar-refractivity contribution in [2.75, 3.05) is 10.6 Å². The van der Waals surface area contributed by atoms with E-state index >= 15 is 0 Å². The van der Waals surface area contributed by atoms with Crippen LogP contribution in [0.4, 0.5) is 24.5 Å². The Hall–Kier alpha value is -3.10. The molecule has 0 saturated carbocycles. The predicted molar refractivity (Wildman–Crippen MR) is 145 cm³/mol. The van der Waals surface area contributed by atoms with Crippen molar-refractivity contribution in [3.05, 3.63) is 101 Å². The molecule has 6 nitrogen and oxygen atoms in total. The van der Waals surface area contributed by atoms with Gasteiger partial charge in [-0.15, -0.1) is 0 Å². The highest BCUT2D eigenvalue weighted by Gasteiger charge is 2.30. The number of benzene rings is 3. The number of aromatic nitrogens is 1. The van der Waals surface area contributed by atoms with Gasteiger partial charge >= 0.3 is 11.4 Å². The van der Waals surface area contributed by atoms with Gasteiger partial charge in [-0.2, -0.15) is 13.2 Å². The molecule has 0 bridgehead atoms. The number of nitrogens with one attached hydrogen (secondary N) is 2. The van der Waals surface area contributed by atoms with Crippen LogP contribution in [0.25, 0.3) is 10.9 Å². The number of rotatable bonds is 4. The number of fused-ring (bicyclic) bond motifs is 1. The molecular weight excluding hydrogens is 585 g/mol. The topological polar surface area (TPSA) is 88.2 Å². The van der Waals surface area contributed by atoms with Gasteiger partial charge in [0.25, 0.3) is 11.8 Å². The highest BCUT2D eigenvalue weighted by atomic mass is 36.0. The Kier molecular flexibility index (Phi) is 9.44. The molecule has 0 atom stereocenters. The molecule has 198 valence electrons. The van der Waals surface area contributed by atoms with Gasteiger partial charge in [-0.3, -0.25) is 19.1 Å². The van der Waals surface area contributed by atoms with Crippen molar-refractivity contribution in [2.24, 2.45) is 0 Å². The zero-order valence-corrected chi connectivity index (χ0v) is 22.6. The molecule has 0 unspecified atom stereocenters. The van der Waals surface area contributed by atoms with Gasteiger partial charge in [0.15, 0.2) is 0 Å². The van der Waals surface area contributed by atoms with Gasteiger partial charge in [-0.25, -0.2) is 0 Å². The van der Waals surface area contributed by atoms with Crippen molar-refractivity contribution in [2.45, 2.75) is 13.1 Å². The molecule has 0 saturated heterocycles. The molecule has 2 amide bonds. The number of hydrogen-bond acceptors (Lipinski definition) is 4. The normalized spacial score (nSPS) is 11.3. The molecule has 0 fully saturated rings. The second kappa shape index (κ2) is 12.2.